The SMILES string of the molecule is Cc1cc(C)c(CNC2C3(C)CCC(C3)C2(C)C)c(C)c1. The Morgan fingerprint density at radius 3 is 2.24 bits per heavy atom. The first kappa shape index (κ1) is 15.1. The molecule has 0 amide bonds. The highest BCUT2D eigenvalue weighted by molar-refractivity contribution is 5.37. The molecule has 0 aromatic heterocycles. The van der Waals surface area contributed by atoms with Crippen LogP contribution in [0.5, 0.6) is 0 Å². The zero-order valence-corrected chi connectivity index (χ0v) is 14.6. The normalized spacial score (nSPS) is 33.6. The number of fused-ring (bicyclic) bond motifs is 2. The van der Waals surface area contributed by atoms with E-state index in [1.165, 1.54) is 41.5 Å². The summed E-state index contributed by atoms with van der Waals surface area (Å²) in [5.41, 5.74) is 6.71. The van der Waals surface area contributed by atoms with Crippen LogP contribution in [0.4, 0.5) is 0 Å². The van der Waals surface area contributed by atoms with Crippen LogP contribution in [-0.2, 0) is 6.54 Å². The summed E-state index contributed by atoms with van der Waals surface area (Å²) in [6.45, 7) is 15.2. The Morgan fingerprint density at radius 1 is 1.10 bits per heavy atom. The second kappa shape index (κ2) is 4.84. The van der Waals surface area contributed by atoms with Crippen molar-refractivity contribution in [1.82, 2.24) is 5.32 Å². The van der Waals surface area contributed by atoms with Crippen LogP contribution in [0.15, 0.2) is 12.1 Å². The lowest BCUT2D eigenvalue weighted by atomic mass is 9.68. The van der Waals surface area contributed by atoms with E-state index in [1.807, 2.05) is 0 Å². The quantitative estimate of drug-likeness (QED) is 0.831. The molecule has 2 saturated carbocycles. The van der Waals surface area contributed by atoms with Gasteiger partial charge >= 0.3 is 0 Å². The topological polar surface area (TPSA) is 12.0 Å². The molecule has 2 fully saturated rings. The van der Waals surface area contributed by atoms with E-state index in [-0.39, 0.29) is 0 Å². The van der Waals surface area contributed by atoms with Crippen LogP contribution in [0.3, 0.4) is 0 Å². The third-order valence-electron chi connectivity index (χ3n) is 6.59. The summed E-state index contributed by atoms with van der Waals surface area (Å²) in [6, 6.07) is 5.29. The molecule has 2 aliphatic carbocycles. The van der Waals surface area contributed by atoms with Gasteiger partial charge in [0, 0.05) is 12.6 Å². The van der Waals surface area contributed by atoms with E-state index in [0.29, 0.717) is 16.9 Å². The molecule has 0 aliphatic heterocycles. The highest BCUT2D eigenvalue weighted by atomic mass is 15.0. The van der Waals surface area contributed by atoms with Gasteiger partial charge in [-0.3, -0.25) is 0 Å². The van der Waals surface area contributed by atoms with Crippen LogP contribution in [0.25, 0.3) is 0 Å². The van der Waals surface area contributed by atoms with Gasteiger partial charge in [-0.15, -0.1) is 0 Å². The maximum absolute atomic E-state index is 3.96. The summed E-state index contributed by atoms with van der Waals surface area (Å²) in [4.78, 5) is 0. The molecule has 3 unspecified atom stereocenters. The van der Waals surface area contributed by atoms with E-state index in [2.05, 4.69) is 59.0 Å². The molecule has 0 heterocycles. The highest BCUT2D eigenvalue weighted by Gasteiger charge is 2.58. The van der Waals surface area contributed by atoms with Crippen molar-refractivity contribution >= 4 is 0 Å². The molecular formula is C20H31N. The van der Waals surface area contributed by atoms with Crippen molar-refractivity contribution in [3.8, 4) is 0 Å². The fourth-order valence-corrected chi connectivity index (χ4v) is 5.50. The number of hydrogen-bond donors (Lipinski definition) is 1. The maximum Gasteiger partial charge on any atom is 0.0213 e. The lowest BCUT2D eigenvalue weighted by molar-refractivity contribution is 0.108. The molecule has 3 atom stereocenters. The van der Waals surface area contributed by atoms with Crippen LogP contribution in [0.1, 0.15) is 62.3 Å². The van der Waals surface area contributed by atoms with E-state index in [0.717, 1.165) is 12.5 Å². The van der Waals surface area contributed by atoms with Crippen molar-refractivity contribution in [2.24, 2.45) is 16.7 Å². The van der Waals surface area contributed by atoms with E-state index in [1.54, 1.807) is 0 Å². The fraction of sp³-hybridized carbons (Fsp3) is 0.700. The van der Waals surface area contributed by atoms with Crippen molar-refractivity contribution < 1.29 is 0 Å². The van der Waals surface area contributed by atoms with Gasteiger partial charge < -0.3 is 5.32 Å². The smallest absolute Gasteiger partial charge is 0.0213 e. The van der Waals surface area contributed by atoms with Crippen LogP contribution >= 0.6 is 0 Å². The van der Waals surface area contributed by atoms with Gasteiger partial charge in [0.15, 0.2) is 0 Å². The first-order chi connectivity index (χ1) is 9.74. The van der Waals surface area contributed by atoms with Crippen LogP contribution in [0, 0.1) is 37.5 Å². The zero-order chi connectivity index (χ0) is 15.4. The lowest BCUT2D eigenvalue weighted by Crippen LogP contribution is -2.50. The third kappa shape index (κ3) is 2.34. The van der Waals surface area contributed by atoms with Crippen molar-refractivity contribution in [3.63, 3.8) is 0 Å². The van der Waals surface area contributed by atoms with E-state index >= 15 is 0 Å². The lowest BCUT2D eigenvalue weighted by Gasteiger charge is -2.43. The van der Waals surface area contributed by atoms with E-state index in [9.17, 15) is 0 Å². The average Bonchev–Trinajstić information content (AvgIpc) is 2.82. The molecule has 1 aromatic rings. The predicted molar refractivity (Wildman–Crippen MR) is 90.5 cm³/mol. The van der Waals surface area contributed by atoms with Crippen LogP contribution < -0.4 is 5.32 Å². The number of benzene rings is 1. The van der Waals surface area contributed by atoms with Crippen molar-refractivity contribution in [2.45, 2.75) is 73.4 Å². The van der Waals surface area contributed by atoms with Gasteiger partial charge in [-0.05, 0) is 73.5 Å². The second-order valence-electron chi connectivity index (χ2n) is 8.61. The Bertz CT molecular complexity index is 529. The predicted octanol–water partition coefficient (Wildman–Crippen LogP) is 4.92. The van der Waals surface area contributed by atoms with Gasteiger partial charge in [0.1, 0.15) is 0 Å². The molecule has 0 saturated heterocycles. The Kier molecular flexibility index (Phi) is 3.48. The largest absolute Gasteiger partial charge is 0.309 e. The van der Waals surface area contributed by atoms with E-state index < -0.39 is 0 Å². The summed E-state index contributed by atoms with van der Waals surface area (Å²) in [5.74, 6) is 0.917. The monoisotopic (exact) mass is 285 g/mol. The van der Waals surface area contributed by atoms with E-state index in [4.69, 9.17) is 0 Å². The minimum atomic E-state index is 0.444. The highest BCUT2D eigenvalue weighted by Crippen LogP contribution is 2.62. The summed E-state index contributed by atoms with van der Waals surface area (Å²) < 4.78 is 0. The molecule has 3 rings (SSSR count). The molecule has 21 heavy (non-hydrogen) atoms. The molecule has 1 N–H and O–H groups in total. The summed E-state index contributed by atoms with van der Waals surface area (Å²) >= 11 is 0. The molecule has 1 aromatic carbocycles. The van der Waals surface area contributed by atoms with Gasteiger partial charge in [-0.25, -0.2) is 0 Å². The fourth-order valence-electron chi connectivity index (χ4n) is 5.50. The first-order valence-electron chi connectivity index (χ1n) is 8.54. The average molecular weight is 285 g/mol. The Labute approximate surface area is 130 Å². The number of hydrogen-bond acceptors (Lipinski definition) is 1. The molecular weight excluding hydrogens is 254 g/mol. The van der Waals surface area contributed by atoms with Gasteiger partial charge in [-0.1, -0.05) is 38.5 Å². The summed E-state index contributed by atoms with van der Waals surface area (Å²) in [5, 5.41) is 3.96. The van der Waals surface area contributed by atoms with Gasteiger partial charge in [0.05, 0.1) is 0 Å². The Morgan fingerprint density at radius 2 is 1.71 bits per heavy atom. The number of rotatable bonds is 3. The van der Waals surface area contributed by atoms with Crippen LogP contribution in [0.2, 0.25) is 0 Å². The Hall–Kier alpha value is -0.820. The molecule has 116 valence electrons. The van der Waals surface area contributed by atoms with Gasteiger partial charge in [0.25, 0.3) is 0 Å². The Balaban J connectivity index is 1.80. The standard InChI is InChI=1S/C20H31N/c1-13-9-14(2)17(15(3)10-13)12-21-18-19(4,5)16-7-8-20(18,6)11-16/h9-10,16,18,21H,7-8,11-12H2,1-6H3. The summed E-state index contributed by atoms with van der Waals surface area (Å²) in [6.07, 6.45) is 4.26. The van der Waals surface area contributed by atoms with Gasteiger partial charge in [-0.2, -0.15) is 0 Å². The van der Waals surface area contributed by atoms with Crippen molar-refractivity contribution in [1.29, 1.82) is 0 Å². The van der Waals surface area contributed by atoms with Crippen LogP contribution in [-0.4, -0.2) is 6.04 Å². The minimum Gasteiger partial charge on any atom is -0.309 e. The molecule has 2 aliphatic rings. The van der Waals surface area contributed by atoms with Crippen molar-refractivity contribution in [3.05, 3.63) is 34.4 Å². The number of nitrogens with one attached hydrogen (secondary N) is 1. The molecule has 0 radical (unpaired) electrons. The summed E-state index contributed by atoms with van der Waals surface area (Å²) in [7, 11) is 0. The molecule has 1 nitrogen and oxygen atoms in total. The van der Waals surface area contributed by atoms with Crippen molar-refractivity contribution in [2.75, 3.05) is 0 Å². The minimum absolute atomic E-state index is 0.444. The van der Waals surface area contributed by atoms with Gasteiger partial charge in [0.2, 0.25) is 0 Å². The second-order valence-corrected chi connectivity index (χ2v) is 8.61. The molecule has 2 bridgehead atoms. The molecule has 1 heteroatoms. The molecule has 0 spiro atoms. The zero-order valence-electron chi connectivity index (χ0n) is 14.6. The third-order valence-corrected chi connectivity index (χ3v) is 6.59. The number of aryl methyl sites for hydroxylation is 3. The maximum atomic E-state index is 3.96. The first-order valence-corrected chi connectivity index (χ1v) is 8.54.